The summed E-state index contributed by atoms with van der Waals surface area (Å²) < 4.78 is 0. The first-order valence-corrected chi connectivity index (χ1v) is 19.7. The molecular formula is C45H66AlO6. The SMILES string of the molecule is CCCCCCCCc1cccc(C=O)c1O.CCCCCCCCc1cccc(C=O)c1O.CCCCCCCCc1cccc(C=O)c1O.[Al]. The van der Waals surface area contributed by atoms with Gasteiger partial charge < -0.3 is 15.3 Å². The topological polar surface area (TPSA) is 112 Å². The van der Waals surface area contributed by atoms with Crippen LogP contribution < -0.4 is 0 Å². The van der Waals surface area contributed by atoms with Crippen LogP contribution in [0.15, 0.2) is 54.6 Å². The van der Waals surface area contributed by atoms with Gasteiger partial charge in [0.25, 0.3) is 0 Å². The molecule has 0 bridgehead atoms. The molecule has 3 N–H and O–H groups in total. The summed E-state index contributed by atoms with van der Waals surface area (Å²) in [4.78, 5) is 32.0. The Hall–Kier alpha value is -3.40. The van der Waals surface area contributed by atoms with E-state index in [0.717, 1.165) is 55.2 Å². The van der Waals surface area contributed by atoms with Gasteiger partial charge in [0.05, 0.1) is 16.7 Å². The van der Waals surface area contributed by atoms with Gasteiger partial charge in [0.15, 0.2) is 18.9 Å². The van der Waals surface area contributed by atoms with Gasteiger partial charge in [-0.3, -0.25) is 14.4 Å². The average molecular weight is 730 g/mol. The quantitative estimate of drug-likeness (QED) is 0.0481. The summed E-state index contributed by atoms with van der Waals surface area (Å²) in [7, 11) is 0. The van der Waals surface area contributed by atoms with Crippen LogP contribution in [0.3, 0.4) is 0 Å². The highest BCUT2D eigenvalue weighted by atomic mass is 27.0. The van der Waals surface area contributed by atoms with Gasteiger partial charge in [0.1, 0.15) is 17.2 Å². The highest BCUT2D eigenvalue weighted by Gasteiger charge is 2.07. The third-order valence-electron chi connectivity index (χ3n) is 9.23. The number of para-hydroxylation sites is 3. The Bertz CT molecular complexity index is 1210. The van der Waals surface area contributed by atoms with Crippen molar-refractivity contribution in [1.82, 2.24) is 0 Å². The van der Waals surface area contributed by atoms with Gasteiger partial charge in [0.2, 0.25) is 0 Å². The lowest BCUT2D eigenvalue weighted by atomic mass is 10.0. The average Bonchev–Trinajstić information content (AvgIpc) is 3.15. The summed E-state index contributed by atoms with van der Waals surface area (Å²) in [5.41, 5.74) is 3.87. The van der Waals surface area contributed by atoms with Crippen LogP contribution in [-0.4, -0.2) is 51.5 Å². The Morgan fingerprint density at radius 1 is 0.385 bits per heavy atom. The van der Waals surface area contributed by atoms with Crippen LogP contribution in [0.4, 0.5) is 0 Å². The van der Waals surface area contributed by atoms with E-state index in [4.69, 9.17) is 0 Å². The second-order valence-electron chi connectivity index (χ2n) is 13.5. The number of benzene rings is 3. The summed E-state index contributed by atoms with van der Waals surface area (Å²) in [6.45, 7) is 6.63. The fraction of sp³-hybridized carbons (Fsp3) is 0.533. The largest absolute Gasteiger partial charge is 0.507 e. The molecule has 7 heteroatoms. The number of phenols is 3. The number of carbonyl (C=O) groups excluding carboxylic acids is 3. The van der Waals surface area contributed by atoms with Crippen LogP contribution in [0.5, 0.6) is 17.2 Å². The zero-order chi connectivity index (χ0) is 37.5. The molecule has 3 aromatic carbocycles. The summed E-state index contributed by atoms with van der Waals surface area (Å²) in [6, 6.07) is 16.1. The molecule has 0 atom stereocenters. The van der Waals surface area contributed by atoms with Crippen molar-refractivity contribution in [2.45, 2.75) is 156 Å². The van der Waals surface area contributed by atoms with Crippen molar-refractivity contribution < 1.29 is 29.7 Å². The normalized spacial score (nSPS) is 10.2. The van der Waals surface area contributed by atoms with E-state index in [1.165, 1.54) is 96.3 Å². The smallest absolute Gasteiger partial charge is 0.153 e. The number of aryl methyl sites for hydroxylation is 3. The van der Waals surface area contributed by atoms with Crippen molar-refractivity contribution >= 4 is 36.2 Å². The lowest BCUT2D eigenvalue weighted by Gasteiger charge is -2.06. The molecule has 0 aromatic heterocycles. The first kappa shape index (κ1) is 48.6. The molecule has 0 aliphatic rings. The van der Waals surface area contributed by atoms with Crippen LogP contribution >= 0.6 is 0 Å². The molecule has 0 fully saturated rings. The van der Waals surface area contributed by atoms with Gasteiger partial charge in [0, 0.05) is 17.4 Å². The first-order valence-electron chi connectivity index (χ1n) is 19.7. The Labute approximate surface area is 325 Å². The third kappa shape index (κ3) is 20.6. The minimum Gasteiger partial charge on any atom is -0.507 e. The molecule has 3 rings (SSSR count). The van der Waals surface area contributed by atoms with Gasteiger partial charge in [-0.15, -0.1) is 0 Å². The minimum atomic E-state index is 0. The van der Waals surface area contributed by atoms with Gasteiger partial charge in [-0.1, -0.05) is 153 Å². The van der Waals surface area contributed by atoms with E-state index in [1.54, 1.807) is 18.2 Å². The number of hydrogen-bond acceptors (Lipinski definition) is 6. The fourth-order valence-corrected chi connectivity index (χ4v) is 6.01. The maximum absolute atomic E-state index is 10.7. The number of aromatic hydroxyl groups is 3. The van der Waals surface area contributed by atoms with Crippen LogP contribution in [0.25, 0.3) is 0 Å². The molecule has 0 aliphatic heterocycles. The van der Waals surface area contributed by atoms with Gasteiger partial charge in [-0.05, 0) is 73.4 Å². The highest BCUT2D eigenvalue weighted by molar-refractivity contribution is 5.81. The second-order valence-corrected chi connectivity index (χ2v) is 13.5. The predicted octanol–water partition coefficient (Wildman–Crippen LogP) is 11.9. The highest BCUT2D eigenvalue weighted by Crippen LogP contribution is 2.25. The van der Waals surface area contributed by atoms with E-state index in [9.17, 15) is 29.7 Å². The molecule has 0 amide bonds. The summed E-state index contributed by atoms with van der Waals surface area (Å²) in [6.07, 6.45) is 27.0. The number of unbranched alkanes of at least 4 members (excludes halogenated alkanes) is 15. The van der Waals surface area contributed by atoms with Crippen molar-refractivity contribution in [3.8, 4) is 17.2 Å². The van der Waals surface area contributed by atoms with E-state index in [1.807, 2.05) is 36.4 Å². The van der Waals surface area contributed by atoms with Crippen LogP contribution in [0.1, 0.15) is 184 Å². The van der Waals surface area contributed by atoms with Gasteiger partial charge in [-0.2, -0.15) is 0 Å². The molecule has 0 saturated carbocycles. The third-order valence-corrected chi connectivity index (χ3v) is 9.23. The van der Waals surface area contributed by atoms with Crippen molar-refractivity contribution in [3.63, 3.8) is 0 Å². The van der Waals surface area contributed by atoms with E-state index < -0.39 is 0 Å². The lowest BCUT2D eigenvalue weighted by Crippen LogP contribution is -1.90. The molecule has 0 saturated heterocycles. The van der Waals surface area contributed by atoms with E-state index in [-0.39, 0.29) is 34.6 Å². The summed E-state index contributed by atoms with van der Waals surface area (Å²) in [5.74, 6) is 0.489. The number of carbonyl (C=O) groups is 3. The number of rotatable bonds is 24. The maximum atomic E-state index is 10.7. The molecule has 3 radical (unpaired) electrons. The summed E-state index contributed by atoms with van der Waals surface area (Å²) in [5, 5.41) is 29.4. The molecule has 0 spiro atoms. The van der Waals surface area contributed by atoms with Crippen LogP contribution in [0.2, 0.25) is 0 Å². The standard InChI is InChI=1S/3C15H22O2.Al/c3*1-2-3-4-5-6-7-9-13-10-8-11-14(12-16)15(13)17;/h3*8,10-12,17H,2-7,9H2,1H3;. The van der Waals surface area contributed by atoms with E-state index in [0.29, 0.717) is 35.5 Å². The number of aldehydes is 3. The zero-order valence-electron chi connectivity index (χ0n) is 32.4. The molecule has 0 aliphatic carbocycles. The Balaban J connectivity index is 0.000000743. The molecular weight excluding hydrogens is 663 g/mol. The van der Waals surface area contributed by atoms with Crippen LogP contribution in [0, 0.1) is 0 Å². The monoisotopic (exact) mass is 729 g/mol. The lowest BCUT2D eigenvalue weighted by molar-refractivity contribution is 0.111. The van der Waals surface area contributed by atoms with Gasteiger partial charge >= 0.3 is 0 Å². The van der Waals surface area contributed by atoms with Crippen molar-refractivity contribution in [2.75, 3.05) is 0 Å². The first-order chi connectivity index (χ1) is 24.9. The minimum absolute atomic E-state index is 0. The van der Waals surface area contributed by atoms with Gasteiger partial charge in [-0.25, -0.2) is 0 Å². The van der Waals surface area contributed by atoms with E-state index in [2.05, 4.69) is 20.8 Å². The number of phenolic OH excluding ortho intramolecular Hbond substituents is 3. The Kier molecular flexibility index (Phi) is 30.2. The molecule has 3 aromatic rings. The molecule has 52 heavy (non-hydrogen) atoms. The predicted molar refractivity (Wildman–Crippen MR) is 217 cm³/mol. The fourth-order valence-electron chi connectivity index (χ4n) is 6.01. The molecule has 0 unspecified atom stereocenters. The number of hydrogen-bond donors (Lipinski definition) is 3. The Morgan fingerprint density at radius 3 is 0.846 bits per heavy atom. The maximum Gasteiger partial charge on any atom is 0.153 e. The zero-order valence-corrected chi connectivity index (χ0v) is 33.6. The van der Waals surface area contributed by atoms with Crippen LogP contribution in [-0.2, 0) is 19.3 Å². The second kappa shape index (κ2) is 32.3. The molecule has 0 heterocycles. The Morgan fingerprint density at radius 2 is 0.615 bits per heavy atom. The summed E-state index contributed by atoms with van der Waals surface area (Å²) >= 11 is 0. The van der Waals surface area contributed by atoms with E-state index >= 15 is 0 Å². The van der Waals surface area contributed by atoms with Crippen molar-refractivity contribution in [1.29, 1.82) is 0 Å². The van der Waals surface area contributed by atoms with Crippen molar-refractivity contribution in [3.05, 3.63) is 88.0 Å². The molecule has 285 valence electrons. The molecule has 6 nitrogen and oxygen atoms in total. The van der Waals surface area contributed by atoms with Crippen molar-refractivity contribution in [2.24, 2.45) is 0 Å².